The zero-order valence-electron chi connectivity index (χ0n) is 11.5. The number of aromatic nitrogens is 3. The van der Waals surface area contributed by atoms with E-state index in [1.54, 1.807) is 10.9 Å². The molecule has 22 heavy (non-hydrogen) atoms. The van der Waals surface area contributed by atoms with Crippen LogP contribution in [-0.4, -0.2) is 20.7 Å². The molecule has 0 saturated carbocycles. The summed E-state index contributed by atoms with van der Waals surface area (Å²) in [6.45, 7) is 0. The van der Waals surface area contributed by atoms with Crippen LogP contribution in [0.15, 0.2) is 59.7 Å². The van der Waals surface area contributed by atoms with Crippen molar-refractivity contribution in [3.05, 3.63) is 70.8 Å². The van der Waals surface area contributed by atoms with Gasteiger partial charge >= 0.3 is 0 Å². The highest BCUT2D eigenvalue weighted by atomic mass is 16.2. The van der Waals surface area contributed by atoms with Crippen LogP contribution in [0.4, 0.5) is 11.5 Å². The van der Waals surface area contributed by atoms with Crippen molar-refractivity contribution in [1.82, 2.24) is 14.8 Å². The van der Waals surface area contributed by atoms with Crippen molar-refractivity contribution in [3.8, 4) is 5.69 Å². The molecule has 3 aromatic rings. The molecule has 0 bridgehead atoms. The van der Waals surface area contributed by atoms with Crippen LogP contribution in [0.3, 0.4) is 0 Å². The summed E-state index contributed by atoms with van der Waals surface area (Å²) in [7, 11) is 0. The van der Waals surface area contributed by atoms with E-state index in [1.807, 2.05) is 30.3 Å². The first kappa shape index (κ1) is 13.6. The maximum atomic E-state index is 12.1. The number of para-hydroxylation sites is 1. The van der Waals surface area contributed by atoms with Crippen LogP contribution in [0.5, 0.6) is 0 Å². The van der Waals surface area contributed by atoms with Crippen molar-refractivity contribution in [2.45, 2.75) is 0 Å². The molecular weight excluding hydrogens is 282 g/mol. The Morgan fingerprint density at radius 1 is 1.18 bits per heavy atom. The van der Waals surface area contributed by atoms with Crippen molar-refractivity contribution in [3.63, 3.8) is 0 Å². The van der Waals surface area contributed by atoms with Crippen molar-refractivity contribution >= 4 is 17.4 Å². The van der Waals surface area contributed by atoms with E-state index in [4.69, 9.17) is 5.73 Å². The Balaban J connectivity index is 1.84. The third-order valence-corrected chi connectivity index (χ3v) is 3.04. The number of aromatic amines is 1. The fourth-order valence-corrected chi connectivity index (χ4v) is 1.93. The molecule has 7 nitrogen and oxygen atoms in total. The number of nitrogen functional groups attached to an aromatic ring is 1. The molecule has 0 aliphatic carbocycles. The van der Waals surface area contributed by atoms with E-state index >= 15 is 0 Å². The number of carbonyl (C=O) groups excluding carboxylic acids is 1. The van der Waals surface area contributed by atoms with Crippen LogP contribution >= 0.6 is 0 Å². The minimum atomic E-state index is -0.402. The van der Waals surface area contributed by atoms with E-state index < -0.39 is 5.91 Å². The topological polar surface area (TPSA) is 106 Å². The zero-order valence-corrected chi connectivity index (χ0v) is 11.5. The number of nitrogens with one attached hydrogen (secondary N) is 2. The first-order valence-corrected chi connectivity index (χ1v) is 6.54. The molecule has 2 heterocycles. The van der Waals surface area contributed by atoms with Gasteiger partial charge in [-0.05, 0) is 18.2 Å². The maximum absolute atomic E-state index is 12.1. The predicted octanol–water partition coefficient (Wildman–Crippen LogP) is 1.40. The lowest BCUT2D eigenvalue weighted by atomic mass is 10.2. The normalized spacial score (nSPS) is 10.4. The fraction of sp³-hybridized carbons (Fsp3) is 0. The van der Waals surface area contributed by atoms with Crippen molar-refractivity contribution < 1.29 is 4.79 Å². The third-order valence-electron chi connectivity index (χ3n) is 3.04. The predicted molar refractivity (Wildman–Crippen MR) is 83.0 cm³/mol. The van der Waals surface area contributed by atoms with E-state index in [0.29, 0.717) is 11.3 Å². The number of nitrogens with two attached hydrogens (primary N) is 1. The number of H-pyrrole nitrogens is 1. The summed E-state index contributed by atoms with van der Waals surface area (Å²) in [5.74, 6) is -0.138. The van der Waals surface area contributed by atoms with E-state index in [0.717, 1.165) is 5.69 Å². The summed E-state index contributed by atoms with van der Waals surface area (Å²) < 4.78 is 1.58. The van der Waals surface area contributed by atoms with Crippen LogP contribution in [0.1, 0.15) is 10.4 Å². The number of hydrogen-bond acceptors (Lipinski definition) is 4. The quantitative estimate of drug-likeness (QED) is 0.679. The number of carbonyl (C=O) groups is 1. The van der Waals surface area contributed by atoms with Gasteiger partial charge in [0.05, 0.1) is 23.1 Å². The molecule has 3 rings (SSSR count). The highest BCUT2D eigenvalue weighted by Crippen LogP contribution is 2.19. The van der Waals surface area contributed by atoms with E-state index in [9.17, 15) is 9.59 Å². The summed E-state index contributed by atoms with van der Waals surface area (Å²) >= 11 is 0. The van der Waals surface area contributed by atoms with Gasteiger partial charge in [0.2, 0.25) is 5.56 Å². The smallest absolute Gasteiger partial charge is 0.258 e. The van der Waals surface area contributed by atoms with Gasteiger partial charge in [0, 0.05) is 12.3 Å². The van der Waals surface area contributed by atoms with Crippen LogP contribution in [0.2, 0.25) is 0 Å². The Morgan fingerprint density at radius 2 is 1.95 bits per heavy atom. The van der Waals surface area contributed by atoms with Crippen molar-refractivity contribution in [1.29, 1.82) is 0 Å². The molecule has 110 valence electrons. The van der Waals surface area contributed by atoms with Crippen LogP contribution < -0.4 is 16.6 Å². The second-order valence-corrected chi connectivity index (χ2v) is 4.61. The van der Waals surface area contributed by atoms with Gasteiger partial charge in [-0.25, -0.2) is 4.68 Å². The highest BCUT2D eigenvalue weighted by molar-refractivity contribution is 6.04. The number of amides is 1. The minimum Gasteiger partial charge on any atom is -0.394 e. The molecule has 0 aliphatic heterocycles. The van der Waals surface area contributed by atoms with Gasteiger partial charge in [-0.15, -0.1) is 5.10 Å². The molecule has 1 aromatic carbocycles. The average Bonchev–Trinajstić information content (AvgIpc) is 2.90. The second-order valence-electron chi connectivity index (χ2n) is 4.61. The molecule has 7 heteroatoms. The Labute approximate surface area is 125 Å². The number of rotatable bonds is 3. The Morgan fingerprint density at radius 3 is 2.64 bits per heavy atom. The molecule has 1 amide bonds. The molecule has 0 aliphatic rings. The van der Waals surface area contributed by atoms with E-state index in [-0.39, 0.29) is 11.4 Å². The van der Waals surface area contributed by atoms with Gasteiger partial charge in [0.1, 0.15) is 0 Å². The van der Waals surface area contributed by atoms with Crippen LogP contribution in [0, 0.1) is 0 Å². The van der Waals surface area contributed by atoms with Gasteiger partial charge in [-0.2, -0.15) is 0 Å². The van der Waals surface area contributed by atoms with Gasteiger partial charge in [0.25, 0.3) is 5.91 Å². The van der Waals surface area contributed by atoms with Gasteiger partial charge in [-0.3, -0.25) is 9.59 Å². The summed E-state index contributed by atoms with van der Waals surface area (Å²) in [6, 6.07) is 12.1. The molecule has 0 unspecified atom stereocenters. The van der Waals surface area contributed by atoms with E-state index in [1.165, 1.54) is 18.3 Å². The number of pyridine rings is 1. The number of hydrogen-bond donors (Lipinski definition) is 3. The van der Waals surface area contributed by atoms with Gasteiger partial charge in [0.15, 0.2) is 5.82 Å². The Kier molecular flexibility index (Phi) is 3.45. The monoisotopic (exact) mass is 295 g/mol. The lowest BCUT2D eigenvalue weighted by Crippen LogP contribution is -2.15. The number of anilines is 2. The third kappa shape index (κ3) is 2.73. The molecule has 0 spiro atoms. The summed E-state index contributed by atoms with van der Waals surface area (Å²) in [5, 5.41) is 6.87. The minimum absolute atomic E-state index is 0.264. The average molecular weight is 295 g/mol. The maximum Gasteiger partial charge on any atom is 0.258 e. The summed E-state index contributed by atoms with van der Waals surface area (Å²) in [4.78, 5) is 25.5. The Bertz CT molecular complexity index is 847. The molecule has 4 N–H and O–H groups in total. The number of benzene rings is 1. The van der Waals surface area contributed by atoms with Crippen LogP contribution in [-0.2, 0) is 0 Å². The molecule has 0 saturated heterocycles. The first-order chi connectivity index (χ1) is 10.6. The zero-order chi connectivity index (χ0) is 15.5. The van der Waals surface area contributed by atoms with E-state index in [2.05, 4.69) is 15.4 Å². The highest BCUT2D eigenvalue weighted by Gasteiger charge is 2.12. The fourth-order valence-electron chi connectivity index (χ4n) is 1.93. The molecular formula is C15H13N5O2. The SMILES string of the molecule is Nc1cn(-c2ccccc2)nc1NC(=O)c1ccc(=O)[nH]c1. The van der Waals surface area contributed by atoms with Crippen LogP contribution in [0.25, 0.3) is 5.69 Å². The van der Waals surface area contributed by atoms with Gasteiger partial charge in [-0.1, -0.05) is 18.2 Å². The van der Waals surface area contributed by atoms with Crippen molar-refractivity contribution in [2.24, 2.45) is 0 Å². The standard InChI is InChI=1S/C15H13N5O2/c16-12-9-20(11-4-2-1-3-5-11)19-14(12)18-15(22)10-6-7-13(21)17-8-10/h1-9H,16H2,(H,17,21)(H,18,19,22). The van der Waals surface area contributed by atoms with Gasteiger partial charge < -0.3 is 16.0 Å². The lowest BCUT2D eigenvalue weighted by molar-refractivity contribution is 0.102. The summed E-state index contributed by atoms with van der Waals surface area (Å²) in [6.07, 6.45) is 2.96. The largest absolute Gasteiger partial charge is 0.394 e. The van der Waals surface area contributed by atoms with Crippen molar-refractivity contribution in [2.75, 3.05) is 11.1 Å². The summed E-state index contributed by atoms with van der Waals surface area (Å²) in [5.41, 5.74) is 7.09. The second kappa shape index (κ2) is 5.57. The lowest BCUT2D eigenvalue weighted by Gasteiger charge is -2.02. The molecule has 2 aromatic heterocycles. The molecule has 0 atom stereocenters. The first-order valence-electron chi connectivity index (χ1n) is 6.54. The molecule has 0 fully saturated rings. The molecule has 0 radical (unpaired) electrons. The Hall–Kier alpha value is -3.35. The number of nitrogens with zero attached hydrogens (tertiary/aromatic N) is 2.